The average molecular weight is 300 g/mol. The molecule has 0 saturated carbocycles. The topological polar surface area (TPSA) is 90.0 Å². The molecule has 1 heterocycles. The highest BCUT2D eigenvalue weighted by Crippen LogP contribution is 2.18. The summed E-state index contributed by atoms with van der Waals surface area (Å²) in [5, 5.41) is 4.35. The van der Waals surface area contributed by atoms with Crippen molar-refractivity contribution < 1.29 is 4.79 Å². The summed E-state index contributed by atoms with van der Waals surface area (Å²) in [6, 6.07) is 9.37. The van der Waals surface area contributed by atoms with Gasteiger partial charge in [0.2, 0.25) is 0 Å². The lowest BCUT2D eigenvalue weighted by molar-refractivity contribution is 0.0951. The van der Waals surface area contributed by atoms with Crippen LogP contribution in [0.2, 0.25) is 0 Å². The highest BCUT2D eigenvalue weighted by atomic mass is 16.2. The van der Waals surface area contributed by atoms with Gasteiger partial charge in [0.05, 0.1) is 5.69 Å². The predicted molar refractivity (Wildman–Crippen MR) is 85.3 cm³/mol. The summed E-state index contributed by atoms with van der Waals surface area (Å²) in [7, 11) is 0. The van der Waals surface area contributed by atoms with Crippen molar-refractivity contribution in [3.8, 4) is 11.3 Å². The van der Waals surface area contributed by atoms with Crippen LogP contribution in [0.5, 0.6) is 0 Å². The van der Waals surface area contributed by atoms with E-state index in [1.54, 1.807) is 0 Å². The van der Waals surface area contributed by atoms with Crippen LogP contribution in [0.4, 0.5) is 0 Å². The highest BCUT2D eigenvalue weighted by molar-refractivity contribution is 5.94. The molecule has 0 aliphatic carbocycles. The van der Waals surface area contributed by atoms with Crippen molar-refractivity contribution >= 4 is 5.91 Å². The van der Waals surface area contributed by atoms with E-state index >= 15 is 0 Å². The third-order valence-electron chi connectivity index (χ3n) is 3.44. The minimum atomic E-state index is -0.608. The number of carbonyl (C=O) groups is 1. The molecular weight excluding hydrogens is 280 g/mol. The number of hydrazine groups is 1. The summed E-state index contributed by atoms with van der Waals surface area (Å²) in [4.78, 5) is 24.0. The van der Waals surface area contributed by atoms with Crippen LogP contribution < -0.4 is 16.8 Å². The second-order valence-corrected chi connectivity index (χ2v) is 5.00. The number of aryl methyl sites for hydroxylation is 2. The summed E-state index contributed by atoms with van der Waals surface area (Å²) in [5.74, 6) is 4.55. The molecule has 0 atom stereocenters. The summed E-state index contributed by atoms with van der Waals surface area (Å²) in [5.41, 5.74) is 4.22. The van der Waals surface area contributed by atoms with Gasteiger partial charge in [-0.15, -0.1) is 0 Å². The summed E-state index contributed by atoms with van der Waals surface area (Å²) < 4.78 is 1.31. The lowest BCUT2D eigenvalue weighted by atomic mass is 10.1. The fraction of sp³-hybridized carbons (Fsp3) is 0.312. The van der Waals surface area contributed by atoms with Gasteiger partial charge in [0.25, 0.3) is 11.5 Å². The van der Waals surface area contributed by atoms with Crippen molar-refractivity contribution in [1.82, 2.24) is 15.2 Å². The number of nitrogens with one attached hydrogen (secondary N) is 1. The van der Waals surface area contributed by atoms with Gasteiger partial charge < -0.3 is 0 Å². The molecule has 116 valence electrons. The summed E-state index contributed by atoms with van der Waals surface area (Å²) in [6.07, 6.45) is 1.69. The van der Waals surface area contributed by atoms with E-state index in [1.807, 2.05) is 36.6 Å². The Morgan fingerprint density at radius 3 is 2.50 bits per heavy atom. The molecule has 2 rings (SSSR count). The van der Waals surface area contributed by atoms with Crippen LogP contribution in [-0.2, 0) is 13.0 Å². The molecule has 0 spiro atoms. The number of benzene rings is 1. The Labute approximate surface area is 128 Å². The van der Waals surface area contributed by atoms with E-state index in [9.17, 15) is 9.59 Å². The molecule has 22 heavy (non-hydrogen) atoms. The van der Waals surface area contributed by atoms with Gasteiger partial charge in [-0.25, -0.2) is 10.5 Å². The quantitative estimate of drug-likeness (QED) is 0.497. The Morgan fingerprint density at radius 2 is 1.95 bits per heavy atom. The minimum Gasteiger partial charge on any atom is -0.290 e. The molecule has 6 heteroatoms. The van der Waals surface area contributed by atoms with Gasteiger partial charge in [0.1, 0.15) is 5.56 Å². The molecule has 1 aromatic carbocycles. The van der Waals surface area contributed by atoms with Crippen LogP contribution in [0.25, 0.3) is 11.3 Å². The number of rotatable bonds is 5. The van der Waals surface area contributed by atoms with Crippen LogP contribution in [0, 0.1) is 0 Å². The summed E-state index contributed by atoms with van der Waals surface area (Å²) >= 11 is 0. The van der Waals surface area contributed by atoms with E-state index in [2.05, 4.69) is 12.0 Å². The van der Waals surface area contributed by atoms with Crippen LogP contribution in [0.1, 0.15) is 36.2 Å². The van der Waals surface area contributed by atoms with Crippen LogP contribution in [0.3, 0.4) is 0 Å². The maximum absolute atomic E-state index is 12.2. The Hall–Kier alpha value is -2.47. The second-order valence-electron chi connectivity index (χ2n) is 5.00. The van der Waals surface area contributed by atoms with E-state index < -0.39 is 11.5 Å². The van der Waals surface area contributed by atoms with Crippen molar-refractivity contribution in [2.75, 3.05) is 0 Å². The molecule has 2 aromatic rings. The van der Waals surface area contributed by atoms with E-state index in [1.165, 1.54) is 16.3 Å². The number of aromatic nitrogens is 2. The van der Waals surface area contributed by atoms with Gasteiger partial charge in [-0.1, -0.05) is 38.1 Å². The number of nitrogens with two attached hydrogens (primary N) is 1. The van der Waals surface area contributed by atoms with E-state index in [0.717, 1.165) is 18.4 Å². The zero-order valence-corrected chi connectivity index (χ0v) is 12.8. The first-order valence-electron chi connectivity index (χ1n) is 7.33. The fourth-order valence-corrected chi connectivity index (χ4v) is 2.20. The van der Waals surface area contributed by atoms with Crippen molar-refractivity contribution in [2.24, 2.45) is 5.84 Å². The molecule has 0 unspecified atom stereocenters. The first-order valence-corrected chi connectivity index (χ1v) is 7.33. The van der Waals surface area contributed by atoms with Gasteiger partial charge in [-0.05, 0) is 24.5 Å². The first-order chi connectivity index (χ1) is 10.6. The third-order valence-corrected chi connectivity index (χ3v) is 3.44. The monoisotopic (exact) mass is 300 g/mol. The van der Waals surface area contributed by atoms with Crippen molar-refractivity contribution in [2.45, 2.75) is 33.2 Å². The SMILES string of the molecule is CCCn1nc(-c2ccc(CC)cc2)cc(C(=O)NN)c1=O. The molecule has 0 saturated heterocycles. The molecule has 0 bridgehead atoms. The standard InChI is InChI=1S/C16H20N4O2/c1-3-9-20-16(22)13(15(21)18-17)10-14(19-20)12-7-5-11(4-2)6-8-12/h5-8,10H,3-4,9,17H2,1-2H3,(H,18,21). The number of carbonyl (C=O) groups excluding carboxylic acids is 1. The van der Waals surface area contributed by atoms with E-state index in [4.69, 9.17) is 5.84 Å². The Morgan fingerprint density at radius 1 is 1.27 bits per heavy atom. The third kappa shape index (κ3) is 3.23. The molecule has 3 N–H and O–H groups in total. The molecule has 0 fully saturated rings. The Balaban J connectivity index is 2.56. The second kappa shape index (κ2) is 7.00. The van der Waals surface area contributed by atoms with Gasteiger partial charge in [-0.2, -0.15) is 5.10 Å². The average Bonchev–Trinajstić information content (AvgIpc) is 2.56. The Bertz CT molecular complexity index is 720. The smallest absolute Gasteiger partial charge is 0.279 e. The molecule has 1 amide bonds. The highest BCUT2D eigenvalue weighted by Gasteiger charge is 2.15. The first kappa shape index (κ1) is 15.9. The maximum atomic E-state index is 12.2. The van der Waals surface area contributed by atoms with E-state index in [0.29, 0.717) is 12.2 Å². The number of nitrogen functional groups attached to an aromatic ring is 1. The van der Waals surface area contributed by atoms with E-state index in [-0.39, 0.29) is 5.56 Å². The number of amides is 1. The fourth-order valence-electron chi connectivity index (χ4n) is 2.20. The molecular formula is C16H20N4O2. The van der Waals surface area contributed by atoms with Gasteiger partial charge in [0.15, 0.2) is 0 Å². The van der Waals surface area contributed by atoms with Crippen LogP contribution in [0.15, 0.2) is 35.1 Å². The number of hydrogen-bond donors (Lipinski definition) is 2. The normalized spacial score (nSPS) is 10.5. The number of hydrogen-bond acceptors (Lipinski definition) is 4. The van der Waals surface area contributed by atoms with Gasteiger partial charge in [-0.3, -0.25) is 15.0 Å². The lowest BCUT2D eigenvalue weighted by Crippen LogP contribution is -2.37. The van der Waals surface area contributed by atoms with Crippen LogP contribution in [-0.4, -0.2) is 15.7 Å². The van der Waals surface area contributed by atoms with Crippen molar-refractivity contribution in [3.05, 3.63) is 51.8 Å². The van der Waals surface area contributed by atoms with Gasteiger partial charge in [0, 0.05) is 12.1 Å². The summed E-state index contributed by atoms with van der Waals surface area (Å²) in [6.45, 7) is 4.47. The van der Waals surface area contributed by atoms with Gasteiger partial charge >= 0.3 is 0 Å². The minimum absolute atomic E-state index is 0.000480. The zero-order chi connectivity index (χ0) is 16.1. The molecule has 1 aromatic heterocycles. The maximum Gasteiger partial charge on any atom is 0.279 e. The van der Waals surface area contributed by atoms with Crippen LogP contribution >= 0.6 is 0 Å². The zero-order valence-electron chi connectivity index (χ0n) is 12.8. The Kier molecular flexibility index (Phi) is 5.06. The molecule has 0 aliphatic rings. The van der Waals surface area contributed by atoms with Crippen molar-refractivity contribution in [3.63, 3.8) is 0 Å². The largest absolute Gasteiger partial charge is 0.290 e. The lowest BCUT2D eigenvalue weighted by Gasteiger charge is -2.10. The molecule has 6 nitrogen and oxygen atoms in total. The molecule has 0 radical (unpaired) electrons. The predicted octanol–water partition coefficient (Wildman–Crippen LogP) is 1.49. The number of nitrogens with zero attached hydrogens (tertiary/aromatic N) is 2. The van der Waals surface area contributed by atoms with Crippen molar-refractivity contribution in [1.29, 1.82) is 0 Å². The molecule has 0 aliphatic heterocycles.